The molecule has 5 rings (SSSR count). The third kappa shape index (κ3) is 3.40. The summed E-state index contributed by atoms with van der Waals surface area (Å²) < 4.78 is 10.7. The van der Waals surface area contributed by atoms with Gasteiger partial charge in [-0.2, -0.15) is 0 Å². The first-order chi connectivity index (χ1) is 14.2. The van der Waals surface area contributed by atoms with Crippen molar-refractivity contribution in [2.24, 2.45) is 5.92 Å². The number of amides is 2. The van der Waals surface area contributed by atoms with Crippen LogP contribution in [0.4, 0.5) is 5.69 Å². The third-order valence-corrected chi connectivity index (χ3v) is 5.02. The van der Waals surface area contributed by atoms with Gasteiger partial charge < -0.3 is 24.0 Å². The number of nitrogens with zero attached hydrogens (tertiary/aromatic N) is 2. The van der Waals surface area contributed by atoms with E-state index in [1.54, 1.807) is 35.6 Å². The fourth-order valence-corrected chi connectivity index (χ4v) is 3.55. The maximum Gasteiger partial charge on any atom is 0.229 e. The monoisotopic (exact) mass is 390 g/mol. The van der Waals surface area contributed by atoms with Gasteiger partial charge in [0.1, 0.15) is 5.76 Å². The second-order valence-corrected chi connectivity index (χ2v) is 7.04. The molecule has 0 bridgehead atoms. The Kier molecular flexibility index (Phi) is 4.16. The molecule has 0 spiro atoms. The second kappa shape index (κ2) is 6.97. The molecule has 4 aromatic rings. The van der Waals surface area contributed by atoms with Gasteiger partial charge in [-0.3, -0.25) is 9.59 Å². The van der Waals surface area contributed by atoms with Gasteiger partial charge in [0.15, 0.2) is 11.6 Å². The Hall–Kier alpha value is -3.81. The van der Waals surface area contributed by atoms with Crippen molar-refractivity contribution in [3.05, 3.63) is 60.8 Å². The predicted octanol–water partition coefficient (Wildman–Crippen LogP) is 3.40. The Bertz CT molecular complexity index is 1160. The Morgan fingerprint density at radius 3 is 2.86 bits per heavy atom. The number of imidazole rings is 1. The van der Waals surface area contributed by atoms with E-state index in [0.717, 1.165) is 11.0 Å². The highest BCUT2D eigenvalue weighted by atomic mass is 16.3. The fourth-order valence-electron chi connectivity index (χ4n) is 3.55. The first-order valence-corrected chi connectivity index (χ1v) is 9.30. The lowest BCUT2D eigenvalue weighted by molar-refractivity contribution is -0.128. The molecule has 1 aliphatic rings. The smallest absolute Gasteiger partial charge is 0.229 e. The second-order valence-electron chi connectivity index (χ2n) is 7.04. The summed E-state index contributed by atoms with van der Waals surface area (Å²) in [6.07, 6.45) is 3.36. The van der Waals surface area contributed by atoms with Crippen molar-refractivity contribution in [2.75, 3.05) is 11.9 Å². The van der Waals surface area contributed by atoms with Crippen LogP contribution in [-0.2, 0) is 16.1 Å². The van der Waals surface area contributed by atoms with Crippen LogP contribution < -0.4 is 5.32 Å². The average Bonchev–Trinajstić information content (AvgIpc) is 3.50. The van der Waals surface area contributed by atoms with Gasteiger partial charge in [-0.1, -0.05) is 0 Å². The van der Waals surface area contributed by atoms with Crippen molar-refractivity contribution >= 4 is 28.5 Å². The zero-order valence-electron chi connectivity index (χ0n) is 15.4. The molecule has 2 amide bonds. The number of carbonyl (C=O) groups is 2. The van der Waals surface area contributed by atoms with Crippen LogP contribution in [0.25, 0.3) is 22.6 Å². The molecule has 146 valence electrons. The minimum Gasteiger partial charge on any atom is -0.467 e. The summed E-state index contributed by atoms with van der Waals surface area (Å²) >= 11 is 0. The highest BCUT2D eigenvalue weighted by molar-refractivity contribution is 5.98. The molecule has 1 saturated heterocycles. The Morgan fingerprint density at radius 1 is 1.21 bits per heavy atom. The van der Waals surface area contributed by atoms with Gasteiger partial charge in [0.2, 0.25) is 11.8 Å². The lowest BCUT2D eigenvalue weighted by Crippen LogP contribution is -2.27. The van der Waals surface area contributed by atoms with E-state index in [9.17, 15) is 9.59 Å². The fraction of sp³-hybridized carbons (Fsp3) is 0.190. The van der Waals surface area contributed by atoms with Crippen molar-refractivity contribution in [1.29, 1.82) is 0 Å². The highest BCUT2D eigenvalue weighted by Crippen LogP contribution is 2.25. The SMILES string of the molecule is O=C(Nc1ccc2nc(-c3ccco3)[nH]c2c1)[C@H]1CC(=O)N(Cc2ccco2)C1. The summed E-state index contributed by atoms with van der Waals surface area (Å²) in [5, 5.41) is 2.91. The Labute approximate surface area is 165 Å². The third-order valence-electron chi connectivity index (χ3n) is 5.02. The van der Waals surface area contributed by atoms with Gasteiger partial charge in [0, 0.05) is 18.7 Å². The zero-order valence-corrected chi connectivity index (χ0v) is 15.4. The number of furan rings is 2. The molecule has 0 saturated carbocycles. The molecule has 1 aromatic carbocycles. The summed E-state index contributed by atoms with van der Waals surface area (Å²) in [5.74, 6) is 1.36. The van der Waals surface area contributed by atoms with Crippen LogP contribution in [0.5, 0.6) is 0 Å². The maximum absolute atomic E-state index is 12.7. The largest absolute Gasteiger partial charge is 0.467 e. The minimum absolute atomic E-state index is 0.0475. The number of anilines is 1. The topological polar surface area (TPSA) is 104 Å². The highest BCUT2D eigenvalue weighted by Gasteiger charge is 2.34. The molecule has 1 aliphatic heterocycles. The van der Waals surface area contributed by atoms with Crippen LogP contribution in [-0.4, -0.2) is 33.2 Å². The summed E-state index contributed by atoms with van der Waals surface area (Å²) in [4.78, 5) is 34.2. The van der Waals surface area contributed by atoms with Crippen LogP contribution in [0, 0.1) is 5.92 Å². The summed E-state index contributed by atoms with van der Waals surface area (Å²) in [5.41, 5.74) is 2.21. The lowest BCUT2D eigenvalue weighted by Gasteiger charge is -2.15. The molecule has 1 fully saturated rings. The van der Waals surface area contributed by atoms with Gasteiger partial charge in [-0.15, -0.1) is 0 Å². The van der Waals surface area contributed by atoms with Crippen molar-refractivity contribution in [3.63, 3.8) is 0 Å². The van der Waals surface area contributed by atoms with E-state index in [0.29, 0.717) is 36.1 Å². The molecule has 0 unspecified atom stereocenters. The molecule has 0 radical (unpaired) electrons. The molecular weight excluding hydrogens is 372 g/mol. The number of aromatic amines is 1. The quantitative estimate of drug-likeness (QED) is 0.543. The molecule has 3 aromatic heterocycles. The van der Waals surface area contributed by atoms with E-state index in [2.05, 4.69) is 15.3 Å². The summed E-state index contributed by atoms with van der Waals surface area (Å²) in [7, 11) is 0. The van der Waals surface area contributed by atoms with E-state index in [1.165, 1.54) is 0 Å². The Morgan fingerprint density at radius 2 is 2.07 bits per heavy atom. The molecular formula is C21H18N4O4. The van der Waals surface area contributed by atoms with E-state index in [-0.39, 0.29) is 18.2 Å². The van der Waals surface area contributed by atoms with E-state index in [1.807, 2.05) is 24.3 Å². The standard InChI is InChI=1S/C21H18N4O4/c26-19-9-13(11-25(19)12-15-3-1-7-28-15)21(27)22-14-5-6-16-17(10-14)24-20(23-16)18-4-2-8-29-18/h1-8,10,13H,9,11-12H2,(H,22,27)(H,23,24)/t13-/m0/s1. The number of fused-ring (bicyclic) bond motifs is 1. The van der Waals surface area contributed by atoms with Crippen LogP contribution in [0.15, 0.2) is 63.8 Å². The average molecular weight is 390 g/mol. The minimum atomic E-state index is -0.395. The molecule has 0 aliphatic carbocycles. The van der Waals surface area contributed by atoms with E-state index < -0.39 is 5.92 Å². The molecule has 2 N–H and O–H groups in total. The number of benzene rings is 1. The van der Waals surface area contributed by atoms with Crippen molar-refractivity contribution < 1.29 is 18.4 Å². The molecule has 8 nitrogen and oxygen atoms in total. The van der Waals surface area contributed by atoms with Gasteiger partial charge in [0.05, 0.1) is 36.0 Å². The molecule has 4 heterocycles. The first-order valence-electron chi connectivity index (χ1n) is 9.30. The van der Waals surface area contributed by atoms with Crippen molar-refractivity contribution in [3.8, 4) is 11.6 Å². The van der Waals surface area contributed by atoms with E-state index >= 15 is 0 Å². The number of hydrogen-bond donors (Lipinski definition) is 2. The number of H-pyrrole nitrogens is 1. The van der Waals surface area contributed by atoms with Gasteiger partial charge >= 0.3 is 0 Å². The van der Waals surface area contributed by atoms with E-state index in [4.69, 9.17) is 8.83 Å². The van der Waals surface area contributed by atoms with Crippen LogP contribution in [0.3, 0.4) is 0 Å². The van der Waals surface area contributed by atoms with Gasteiger partial charge in [-0.25, -0.2) is 4.98 Å². The normalized spacial score (nSPS) is 16.6. The molecule has 29 heavy (non-hydrogen) atoms. The number of aromatic nitrogens is 2. The maximum atomic E-state index is 12.7. The van der Waals surface area contributed by atoms with Crippen molar-refractivity contribution in [1.82, 2.24) is 14.9 Å². The van der Waals surface area contributed by atoms with Crippen LogP contribution in [0.1, 0.15) is 12.2 Å². The number of hydrogen-bond acceptors (Lipinski definition) is 5. The number of likely N-dealkylation sites (tertiary alicyclic amines) is 1. The lowest BCUT2D eigenvalue weighted by atomic mass is 10.1. The number of rotatable bonds is 5. The predicted molar refractivity (Wildman–Crippen MR) is 105 cm³/mol. The molecule has 8 heteroatoms. The first kappa shape index (κ1) is 17.3. The van der Waals surface area contributed by atoms with Crippen LogP contribution >= 0.6 is 0 Å². The molecule has 1 atom stereocenters. The zero-order chi connectivity index (χ0) is 19.8. The Balaban J connectivity index is 1.28. The summed E-state index contributed by atoms with van der Waals surface area (Å²) in [6.45, 7) is 0.756. The van der Waals surface area contributed by atoms with Crippen molar-refractivity contribution in [2.45, 2.75) is 13.0 Å². The van der Waals surface area contributed by atoms with Crippen LogP contribution in [0.2, 0.25) is 0 Å². The van der Waals surface area contributed by atoms with Gasteiger partial charge in [0.25, 0.3) is 0 Å². The summed E-state index contributed by atoms with van der Waals surface area (Å²) in [6, 6.07) is 12.7. The number of carbonyl (C=O) groups excluding carboxylic acids is 2. The van der Waals surface area contributed by atoms with Gasteiger partial charge in [-0.05, 0) is 42.5 Å². The number of nitrogens with one attached hydrogen (secondary N) is 2.